The van der Waals surface area contributed by atoms with Crippen LogP contribution in [-0.2, 0) is 16.0 Å². The molecule has 0 aliphatic rings. The molecular formula is C16H23N3O4. The van der Waals surface area contributed by atoms with E-state index in [1.54, 1.807) is 26.0 Å². The lowest BCUT2D eigenvalue weighted by Crippen LogP contribution is -2.39. The second-order valence-electron chi connectivity index (χ2n) is 5.54. The van der Waals surface area contributed by atoms with Crippen molar-refractivity contribution in [1.82, 2.24) is 0 Å². The van der Waals surface area contributed by atoms with E-state index in [0.29, 0.717) is 12.2 Å². The van der Waals surface area contributed by atoms with Crippen LogP contribution in [-0.4, -0.2) is 30.5 Å². The summed E-state index contributed by atoms with van der Waals surface area (Å²) in [6.07, 6.45) is 2.02. The maximum atomic E-state index is 11.6. The van der Waals surface area contributed by atoms with Gasteiger partial charge in [-0.15, -0.1) is 0 Å². The fourth-order valence-electron chi connectivity index (χ4n) is 1.98. The minimum Gasteiger partial charge on any atom is -0.476 e. The smallest absolute Gasteiger partial charge is 0.349 e. The Labute approximate surface area is 135 Å². The molecular weight excluding hydrogens is 298 g/mol. The Morgan fingerprint density at radius 3 is 2.30 bits per heavy atom. The number of nitrogens with two attached hydrogens (primary N) is 2. The third kappa shape index (κ3) is 6.37. The summed E-state index contributed by atoms with van der Waals surface area (Å²) in [5.41, 5.74) is 10.5. The van der Waals surface area contributed by atoms with E-state index >= 15 is 0 Å². The summed E-state index contributed by atoms with van der Waals surface area (Å²) in [4.78, 5) is 25.6. The minimum atomic E-state index is -1.05. The van der Waals surface area contributed by atoms with Crippen molar-refractivity contribution in [3.05, 3.63) is 29.8 Å². The van der Waals surface area contributed by atoms with E-state index in [1.807, 2.05) is 12.1 Å². The first kappa shape index (κ1) is 18.5. The summed E-state index contributed by atoms with van der Waals surface area (Å²) in [5.74, 6) is 0.377. The van der Waals surface area contributed by atoms with Crippen molar-refractivity contribution in [2.45, 2.75) is 38.7 Å². The Hall–Kier alpha value is -2.57. The maximum absolute atomic E-state index is 11.6. The molecule has 0 bridgehead atoms. The van der Waals surface area contributed by atoms with Crippen molar-refractivity contribution in [2.24, 2.45) is 16.5 Å². The Balaban J connectivity index is 2.54. The number of urea groups is 1. The molecule has 0 atom stereocenters. The fraction of sp³-hybridized carbons (Fsp3) is 0.438. The lowest BCUT2D eigenvalue weighted by Gasteiger charge is -2.23. The zero-order valence-corrected chi connectivity index (χ0v) is 13.7. The summed E-state index contributed by atoms with van der Waals surface area (Å²) < 4.78 is 10.3. The van der Waals surface area contributed by atoms with Gasteiger partial charge in [-0.3, -0.25) is 0 Å². The number of hydrogen-bond acceptors (Lipinski definition) is 4. The highest BCUT2D eigenvalue weighted by atomic mass is 16.6. The number of amides is 2. The highest BCUT2D eigenvalue weighted by Gasteiger charge is 2.30. The van der Waals surface area contributed by atoms with Gasteiger partial charge in [0.15, 0.2) is 5.60 Å². The van der Waals surface area contributed by atoms with Gasteiger partial charge in [-0.25, -0.2) is 9.59 Å². The lowest BCUT2D eigenvalue weighted by atomic mass is 10.1. The number of ether oxygens (including phenoxy) is 2. The second kappa shape index (κ2) is 8.17. The third-order valence-corrected chi connectivity index (χ3v) is 3.13. The molecule has 7 nitrogen and oxygen atoms in total. The molecule has 0 saturated heterocycles. The quantitative estimate of drug-likeness (QED) is 0.451. The van der Waals surface area contributed by atoms with E-state index in [-0.39, 0.29) is 5.84 Å². The molecule has 1 aromatic rings. The van der Waals surface area contributed by atoms with Crippen molar-refractivity contribution in [3.63, 3.8) is 0 Å². The molecule has 0 radical (unpaired) electrons. The Morgan fingerprint density at radius 2 is 1.78 bits per heavy atom. The van der Waals surface area contributed by atoms with E-state index < -0.39 is 17.6 Å². The average molecular weight is 321 g/mol. The topological polar surface area (TPSA) is 117 Å². The van der Waals surface area contributed by atoms with Crippen LogP contribution in [0.2, 0.25) is 0 Å². The number of carbonyl (C=O) groups is 2. The number of nitrogens with zero attached hydrogens (tertiary/aromatic N) is 1. The molecule has 1 rings (SSSR count). The molecule has 0 saturated carbocycles. The van der Waals surface area contributed by atoms with Gasteiger partial charge in [0.1, 0.15) is 11.6 Å². The van der Waals surface area contributed by atoms with E-state index in [2.05, 4.69) is 4.99 Å². The number of esters is 1. The van der Waals surface area contributed by atoms with Crippen LogP contribution in [0.25, 0.3) is 0 Å². The molecule has 0 fully saturated rings. The number of primary amides is 1. The van der Waals surface area contributed by atoms with Gasteiger partial charge in [-0.05, 0) is 44.4 Å². The molecule has 0 unspecified atom stereocenters. The van der Waals surface area contributed by atoms with Crippen molar-refractivity contribution in [2.75, 3.05) is 7.11 Å². The molecule has 2 amide bonds. The van der Waals surface area contributed by atoms with Gasteiger partial charge in [0.05, 0.1) is 7.11 Å². The van der Waals surface area contributed by atoms with Crippen molar-refractivity contribution >= 4 is 17.8 Å². The Kier molecular flexibility index (Phi) is 6.56. The molecule has 1 aromatic carbocycles. The van der Waals surface area contributed by atoms with Gasteiger partial charge in [-0.2, -0.15) is 4.99 Å². The zero-order chi connectivity index (χ0) is 17.5. The number of carbonyl (C=O) groups excluding carboxylic acids is 2. The van der Waals surface area contributed by atoms with Gasteiger partial charge in [0, 0.05) is 6.42 Å². The first-order chi connectivity index (χ1) is 10.7. The third-order valence-electron chi connectivity index (χ3n) is 3.13. The van der Waals surface area contributed by atoms with E-state index in [4.69, 9.17) is 20.9 Å². The van der Waals surface area contributed by atoms with Gasteiger partial charge >= 0.3 is 12.0 Å². The average Bonchev–Trinajstić information content (AvgIpc) is 2.47. The van der Waals surface area contributed by atoms with E-state index in [1.165, 1.54) is 7.11 Å². The summed E-state index contributed by atoms with van der Waals surface area (Å²) in [7, 11) is 1.32. The number of methoxy groups -OCH3 is 1. The molecule has 4 N–H and O–H groups in total. The molecule has 0 aliphatic heterocycles. The monoisotopic (exact) mass is 321 g/mol. The number of aryl methyl sites for hydroxylation is 1. The SMILES string of the molecule is COC(=O)C(C)(C)Oc1ccc(CCC/C(N)=N/C(N)=O)cc1. The van der Waals surface area contributed by atoms with Crippen LogP contribution in [0.5, 0.6) is 5.75 Å². The standard InChI is InChI=1S/C16H23N3O4/c1-16(2,14(20)22-3)23-12-9-7-11(8-10-12)5-4-6-13(17)19-15(18)21/h7-10H,4-6H2,1-3H3,(H4,17,18,19,21). The number of rotatable bonds is 7. The second-order valence-corrected chi connectivity index (χ2v) is 5.54. The fourth-order valence-corrected chi connectivity index (χ4v) is 1.98. The van der Waals surface area contributed by atoms with Crippen LogP contribution in [0, 0.1) is 0 Å². The maximum Gasteiger partial charge on any atom is 0.349 e. The van der Waals surface area contributed by atoms with Crippen LogP contribution in [0.15, 0.2) is 29.3 Å². The first-order valence-electron chi connectivity index (χ1n) is 7.23. The summed E-state index contributed by atoms with van der Waals surface area (Å²) >= 11 is 0. The lowest BCUT2D eigenvalue weighted by molar-refractivity contribution is -0.156. The van der Waals surface area contributed by atoms with Crippen LogP contribution < -0.4 is 16.2 Å². The summed E-state index contributed by atoms with van der Waals surface area (Å²) in [6.45, 7) is 3.29. The zero-order valence-electron chi connectivity index (χ0n) is 13.7. The summed E-state index contributed by atoms with van der Waals surface area (Å²) in [6, 6.07) is 6.62. The number of amidine groups is 1. The molecule has 0 aliphatic carbocycles. The molecule has 0 spiro atoms. The highest BCUT2D eigenvalue weighted by Crippen LogP contribution is 2.20. The largest absolute Gasteiger partial charge is 0.476 e. The van der Waals surface area contributed by atoms with Gasteiger partial charge in [-0.1, -0.05) is 12.1 Å². The molecule has 126 valence electrons. The van der Waals surface area contributed by atoms with Gasteiger partial charge < -0.3 is 20.9 Å². The predicted octanol–water partition coefficient (Wildman–Crippen LogP) is 1.78. The normalized spacial score (nSPS) is 11.9. The molecule has 23 heavy (non-hydrogen) atoms. The molecule has 7 heteroatoms. The number of aliphatic imine (C=N–C) groups is 1. The van der Waals surface area contributed by atoms with Crippen molar-refractivity contribution < 1.29 is 19.1 Å². The predicted molar refractivity (Wildman–Crippen MR) is 87.3 cm³/mol. The number of benzene rings is 1. The van der Waals surface area contributed by atoms with Crippen molar-refractivity contribution in [3.8, 4) is 5.75 Å². The first-order valence-corrected chi connectivity index (χ1v) is 7.23. The summed E-state index contributed by atoms with van der Waals surface area (Å²) in [5, 5.41) is 0. The number of hydrogen-bond donors (Lipinski definition) is 2. The Morgan fingerprint density at radius 1 is 1.17 bits per heavy atom. The molecule has 0 aromatic heterocycles. The van der Waals surface area contributed by atoms with Crippen molar-refractivity contribution in [1.29, 1.82) is 0 Å². The van der Waals surface area contributed by atoms with Gasteiger partial charge in [0.25, 0.3) is 0 Å². The Bertz CT molecular complexity index is 579. The minimum absolute atomic E-state index is 0.234. The van der Waals surface area contributed by atoms with Crippen LogP contribution in [0.4, 0.5) is 4.79 Å². The van der Waals surface area contributed by atoms with Crippen LogP contribution in [0.3, 0.4) is 0 Å². The van der Waals surface area contributed by atoms with E-state index in [0.717, 1.165) is 18.4 Å². The van der Waals surface area contributed by atoms with Crippen LogP contribution >= 0.6 is 0 Å². The van der Waals surface area contributed by atoms with E-state index in [9.17, 15) is 9.59 Å². The van der Waals surface area contributed by atoms with Gasteiger partial charge in [0.2, 0.25) is 0 Å². The van der Waals surface area contributed by atoms with Crippen LogP contribution in [0.1, 0.15) is 32.3 Å². The highest BCUT2D eigenvalue weighted by molar-refractivity contribution is 5.91. The molecule has 0 heterocycles.